The van der Waals surface area contributed by atoms with Gasteiger partial charge in [0.15, 0.2) is 0 Å². The molecule has 0 spiro atoms. The van der Waals surface area contributed by atoms with Gasteiger partial charge in [-0.2, -0.15) is 0 Å². The molecule has 4 aromatic rings. The molecule has 52 heavy (non-hydrogen) atoms. The number of nitrogens with zero attached hydrogens (tertiary/aromatic N) is 3. The van der Waals surface area contributed by atoms with Crippen LogP contribution >= 0.6 is 0 Å². The van der Waals surface area contributed by atoms with Gasteiger partial charge in [0.25, 0.3) is 11.8 Å². The molecule has 2 unspecified atom stereocenters. The number of hydrogen-bond acceptors (Lipinski definition) is 10. The first-order chi connectivity index (χ1) is 25.2. The van der Waals surface area contributed by atoms with Gasteiger partial charge in [0.2, 0.25) is 17.7 Å². The largest absolute Gasteiger partial charge is 0.490 e. The SMILES string of the molecule is CC(O)c1cnc(Oc2ccc(C3(c4ccc(OC5CC(Nc6ccc7c(c6)C(=O)N(C6CCC(=O)NC6=O)C7=O)C5)cc4)CCCC3)cc2)cn1. The molecule has 1 saturated heterocycles. The van der Waals surface area contributed by atoms with Crippen molar-refractivity contribution in [3.05, 3.63) is 107 Å². The summed E-state index contributed by atoms with van der Waals surface area (Å²) in [6.07, 6.45) is 8.60. The highest BCUT2D eigenvalue weighted by Gasteiger charge is 2.45. The summed E-state index contributed by atoms with van der Waals surface area (Å²) in [5, 5.41) is 15.3. The van der Waals surface area contributed by atoms with Gasteiger partial charge in [-0.1, -0.05) is 37.1 Å². The Bertz CT molecular complexity index is 2020. The summed E-state index contributed by atoms with van der Waals surface area (Å²) < 4.78 is 12.2. The number of aromatic nitrogens is 2. The molecule has 3 heterocycles. The molecule has 3 aromatic carbocycles. The quantitative estimate of drug-likeness (QED) is 0.178. The molecule has 266 valence electrons. The number of aliphatic hydroxyl groups is 1. The summed E-state index contributed by atoms with van der Waals surface area (Å²) in [4.78, 5) is 59.6. The maximum Gasteiger partial charge on any atom is 0.262 e. The lowest BCUT2D eigenvalue weighted by molar-refractivity contribution is -0.136. The predicted octanol–water partition coefficient (Wildman–Crippen LogP) is 5.61. The van der Waals surface area contributed by atoms with Crippen molar-refractivity contribution in [2.45, 2.75) is 88.0 Å². The van der Waals surface area contributed by atoms with Crippen molar-refractivity contribution < 1.29 is 33.8 Å². The average Bonchev–Trinajstić information content (AvgIpc) is 3.72. The van der Waals surface area contributed by atoms with E-state index < -0.39 is 35.8 Å². The topological polar surface area (TPSA) is 160 Å². The van der Waals surface area contributed by atoms with Crippen molar-refractivity contribution in [2.75, 3.05) is 5.32 Å². The molecule has 4 aliphatic rings. The number of amides is 4. The van der Waals surface area contributed by atoms with Crippen molar-refractivity contribution in [2.24, 2.45) is 0 Å². The van der Waals surface area contributed by atoms with Gasteiger partial charge in [0.1, 0.15) is 23.6 Å². The number of carbonyl (C=O) groups excluding carboxylic acids is 4. The number of rotatable bonds is 10. The summed E-state index contributed by atoms with van der Waals surface area (Å²) >= 11 is 0. The predicted molar refractivity (Wildman–Crippen MR) is 189 cm³/mol. The number of imide groups is 2. The maximum atomic E-state index is 13.2. The summed E-state index contributed by atoms with van der Waals surface area (Å²) in [5.41, 5.74) is 4.16. The van der Waals surface area contributed by atoms with E-state index in [2.05, 4.69) is 57.0 Å². The van der Waals surface area contributed by atoms with Crippen LogP contribution in [0.4, 0.5) is 5.69 Å². The Hall–Kier alpha value is -5.62. The fourth-order valence-corrected chi connectivity index (χ4v) is 7.90. The highest BCUT2D eigenvalue weighted by Crippen LogP contribution is 2.47. The monoisotopic (exact) mass is 701 g/mol. The normalized spacial score (nSPS) is 22.7. The second-order valence-electron chi connectivity index (χ2n) is 14.2. The molecule has 3 fully saturated rings. The zero-order valence-electron chi connectivity index (χ0n) is 28.7. The Morgan fingerprint density at radius 3 is 2.17 bits per heavy atom. The number of nitrogens with one attached hydrogen (secondary N) is 2. The fraction of sp³-hybridized carbons (Fsp3) is 0.350. The lowest BCUT2D eigenvalue weighted by Gasteiger charge is -2.36. The average molecular weight is 702 g/mol. The molecule has 2 atom stereocenters. The lowest BCUT2D eigenvalue weighted by atomic mass is 9.73. The van der Waals surface area contributed by atoms with Crippen LogP contribution in [0.2, 0.25) is 0 Å². The first-order valence-electron chi connectivity index (χ1n) is 17.8. The molecule has 2 aliphatic heterocycles. The number of fused-ring (bicyclic) bond motifs is 1. The van der Waals surface area contributed by atoms with Gasteiger partial charge in [-0.15, -0.1) is 0 Å². The Morgan fingerprint density at radius 2 is 1.54 bits per heavy atom. The molecule has 2 aliphatic carbocycles. The van der Waals surface area contributed by atoms with Crippen molar-refractivity contribution in [1.82, 2.24) is 20.2 Å². The van der Waals surface area contributed by atoms with Crippen LogP contribution in [0.15, 0.2) is 79.1 Å². The number of carbonyl (C=O) groups is 4. The van der Waals surface area contributed by atoms with Gasteiger partial charge in [0, 0.05) is 36.4 Å². The molecule has 12 heteroatoms. The Labute approximate surface area is 300 Å². The fourth-order valence-electron chi connectivity index (χ4n) is 7.90. The minimum Gasteiger partial charge on any atom is -0.490 e. The smallest absolute Gasteiger partial charge is 0.262 e. The molecule has 12 nitrogen and oxygen atoms in total. The summed E-state index contributed by atoms with van der Waals surface area (Å²) in [5.74, 6) is -0.197. The van der Waals surface area contributed by atoms with Gasteiger partial charge in [-0.25, -0.2) is 4.98 Å². The third kappa shape index (κ3) is 6.27. The minimum atomic E-state index is -0.987. The van der Waals surface area contributed by atoms with Crippen LogP contribution in [-0.2, 0) is 15.0 Å². The van der Waals surface area contributed by atoms with E-state index in [1.165, 1.54) is 23.5 Å². The second-order valence-corrected chi connectivity index (χ2v) is 14.2. The standard InChI is InChI=1S/C40H39N5O7/c1-23(46)33-21-42-36(22-41-33)52-29-11-6-25(7-12-29)40(16-2-3-17-40)24-4-9-28(10-5-24)51-30-18-27(19-30)43-26-8-13-31-32(20-26)39(50)45(38(31)49)34-14-15-35(47)44-37(34)48/h4-13,20-23,27,30,34,43,46H,2-3,14-19H2,1H3,(H,44,47,48). The summed E-state index contributed by atoms with van der Waals surface area (Å²) in [7, 11) is 0. The molecule has 2 saturated carbocycles. The van der Waals surface area contributed by atoms with Gasteiger partial charge in [-0.3, -0.25) is 34.4 Å². The van der Waals surface area contributed by atoms with E-state index in [-0.39, 0.29) is 41.5 Å². The molecular formula is C40H39N5O7. The van der Waals surface area contributed by atoms with Crippen molar-refractivity contribution in [3.8, 4) is 17.4 Å². The Morgan fingerprint density at radius 1 is 0.865 bits per heavy atom. The minimum absolute atomic E-state index is 0.0462. The number of benzene rings is 3. The zero-order valence-corrected chi connectivity index (χ0v) is 28.7. The van der Waals surface area contributed by atoms with E-state index in [0.717, 1.165) is 54.9 Å². The van der Waals surface area contributed by atoms with E-state index in [1.54, 1.807) is 25.1 Å². The van der Waals surface area contributed by atoms with Crippen LogP contribution < -0.4 is 20.1 Å². The van der Waals surface area contributed by atoms with Crippen LogP contribution in [0.25, 0.3) is 0 Å². The van der Waals surface area contributed by atoms with Crippen molar-refractivity contribution >= 4 is 29.3 Å². The maximum absolute atomic E-state index is 13.2. The molecule has 3 N–H and O–H groups in total. The van der Waals surface area contributed by atoms with E-state index in [1.807, 2.05) is 12.1 Å². The molecule has 8 rings (SSSR count). The van der Waals surface area contributed by atoms with E-state index in [9.17, 15) is 24.3 Å². The van der Waals surface area contributed by atoms with Gasteiger partial charge < -0.3 is 19.9 Å². The second kappa shape index (κ2) is 13.5. The Kier molecular flexibility index (Phi) is 8.70. The molecule has 0 radical (unpaired) electrons. The number of piperidine rings is 1. The first kappa shape index (κ1) is 33.5. The van der Waals surface area contributed by atoms with Crippen LogP contribution in [0.5, 0.6) is 17.4 Å². The molecule has 0 bridgehead atoms. The number of aliphatic hydroxyl groups excluding tert-OH is 1. The molecule has 4 amide bonds. The van der Waals surface area contributed by atoms with E-state index in [4.69, 9.17) is 9.47 Å². The molecule has 1 aromatic heterocycles. The summed E-state index contributed by atoms with van der Waals surface area (Å²) in [6.45, 7) is 1.64. The third-order valence-corrected chi connectivity index (χ3v) is 10.8. The van der Waals surface area contributed by atoms with Crippen LogP contribution in [-0.4, -0.2) is 61.8 Å². The van der Waals surface area contributed by atoms with Gasteiger partial charge in [-0.05, 0) is 79.8 Å². The highest BCUT2D eigenvalue weighted by atomic mass is 16.5. The Balaban J connectivity index is 0.864. The third-order valence-electron chi connectivity index (χ3n) is 10.8. The van der Waals surface area contributed by atoms with Crippen molar-refractivity contribution in [3.63, 3.8) is 0 Å². The number of ether oxygens (including phenoxy) is 2. The molecular weight excluding hydrogens is 662 g/mol. The number of hydrogen-bond donors (Lipinski definition) is 3. The zero-order chi connectivity index (χ0) is 36.0. The number of anilines is 1. The van der Waals surface area contributed by atoms with E-state index in [0.29, 0.717) is 17.3 Å². The van der Waals surface area contributed by atoms with Crippen LogP contribution in [0.1, 0.15) is 102 Å². The highest BCUT2D eigenvalue weighted by molar-refractivity contribution is 6.23. The van der Waals surface area contributed by atoms with Crippen molar-refractivity contribution in [1.29, 1.82) is 0 Å². The van der Waals surface area contributed by atoms with Crippen LogP contribution in [0.3, 0.4) is 0 Å². The van der Waals surface area contributed by atoms with Gasteiger partial charge in [0.05, 0.1) is 35.3 Å². The first-order valence-corrected chi connectivity index (χ1v) is 17.8. The lowest BCUT2D eigenvalue weighted by Crippen LogP contribution is -2.54. The van der Waals surface area contributed by atoms with E-state index >= 15 is 0 Å². The van der Waals surface area contributed by atoms with Crippen LogP contribution in [0, 0.1) is 0 Å². The summed E-state index contributed by atoms with van der Waals surface area (Å²) in [6, 6.07) is 20.9. The van der Waals surface area contributed by atoms with Gasteiger partial charge >= 0.3 is 0 Å².